The van der Waals surface area contributed by atoms with Gasteiger partial charge in [0.25, 0.3) is 5.92 Å². The van der Waals surface area contributed by atoms with Gasteiger partial charge in [-0.1, -0.05) is 16.4 Å². The Kier molecular flexibility index (Phi) is 5.73. The molecule has 0 aromatic heterocycles. The molecule has 1 N–H and O–H groups in total. The predicted octanol–water partition coefficient (Wildman–Crippen LogP) is 4.28. The molecule has 2 aliphatic heterocycles. The zero-order valence-electron chi connectivity index (χ0n) is 16.5. The topological polar surface area (TPSA) is 67.6 Å². The van der Waals surface area contributed by atoms with Crippen molar-refractivity contribution in [1.82, 2.24) is 9.21 Å². The molecule has 0 amide bonds. The van der Waals surface area contributed by atoms with Crippen LogP contribution in [0.1, 0.15) is 24.8 Å². The summed E-state index contributed by atoms with van der Waals surface area (Å²) in [6.45, 7) is 1.53. The molecular weight excluding hydrogens is 408 g/mol. The molecule has 0 radical (unpaired) electrons. The molecule has 2 atom stereocenters. The number of benzene rings is 2. The van der Waals surface area contributed by atoms with Gasteiger partial charge in [0.05, 0.1) is 18.2 Å². The van der Waals surface area contributed by atoms with Crippen LogP contribution < -0.4 is 0 Å². The highest BCUT2D eigenvalue weighted by atomic mass is 32.3. The fourth-order valence-electron chi connectivity index (χ4n) is 4.16. The number of rotatable bonds is 4. The maximum Gasteiger partial charge on any atom is 0.325 e. The number of halogens is 2. The van der Waals surface area contributed by atoms with Gasteiger partial charge in [-0.15, -0.1) is 0 Å². The van der Waals surface area contributed by atoms with Gasteiger partial charge in [-0.3, -0.25) is 4.90 Å². The molecule has 2 saturated heterocycles. The monoisotopic (exact) mass is 432 g/mol. The van der Waals surface area contributed by atoms with Crippen LogP contribution in [0.5, 0.6) is 0 Å². The average Bonchev–Trinajstić information content (AvgIpc) is 3.25. The number of nitrogens with zero attached hydrogens (tertiary/aromatic N) is 3. The molecule has 4 rings (SSSR count). The summed E-state index contributed by atoms with van der Waals surface area (Å²) >= 11 is 0. The van der Waals surface area contributed by atoms with E-state index in [-0.39, 0.29) is 18.9 Å². The Labute approximate surface area is 176 Å². The highest BCUT2D eigenvalue weighted by Gasteiger charge is 2.46. The van der Waals surface area contributed by atoms with Crippen molar-refractivity contribution in [3.63, 3.8) is 0 Å². The maximum atomic E-state index is 13.4. The lowest BCUT2D eigenvalue weighted by Gasteiger charge is -2.35. The molecule has 30 heavy (non-hydrogen) atoms. The van der Waals surface area contributed by atoms with Gasteiger partial charge in [-0.25, -0.2) is 8.78 Å². The van der Waals surface area contributed by atoms with E-state index in [1.165, 1.54) is 0 Å². The summed E-state index contributed by atoms with van der Waals surface area (Å²) in [5.41, 5.74) is 2.40. The van der Waals surface area contributed by atoms with Crippen molar-refractivity contribution in [3.8, 4) is 17.2 Å². The number of nitriles is 1. The first-order valence-electron chi connectivity index (χ1n) is 10.0. The lowest BCUT2D eigenvalue weighted by molar-refractivity contribution is -0.0618. The molecular formula is C22H24F2N3O2S+. The number of alkyl halides is 2. The van der Waals surface area contributed by atoms with E-state index in [2.05, 4.69) is 6.07 Å². The molecule has 8 heteroatoms. The third kappa shape index (κ3) is 4.30. The van der Waals surface area contributed by atoms with Crippen molar-refractivity contribution in [2.24, 2.45) is 0 Å². The Hall–Kier alpha value is -2.18. The molecule has 0 aliphatic carbocycles. The third-order valence-corrected chi connectivity index (χ3v) is 7.95. The molecule has 0 bridgehead atoms. The summed E-state index contributed by atoms with van der Waals surface area (Å²) in [7, 11) is -3.38. The van der Waals surface area contributed by atoms with E-state index in [0.29, 0.717) is 43.1 Å². The molecule has 0 saturated carbocycles. The fourth-order valence-corrected chi connectivity index (χ4v) is 5.68. The zero-order chi connectivity index (χ0) is 21.4. The molecule has 2 heterocycles. The van der Waals surface area contributed by atoms with E-state index < -0.39 is 16.3 Å². The van der Waals surface area contributed by atoms with Gasteiger partial charge in [0.2, 0.25) is 4.90 Å². The highest BCUT2D eigenvalue weighted by Crippen LogP contribution is 2.33. The third-order valence-electron chi connectivity index (χ3n) is 6.03. The minimum atomic E-state index is -3.38. The average molecular weight is 433 g/mol. The Morgan fingerprint density at radius 3 is 2.13 bits per heavy atom. The number of hydrogen-bond donors (Lipinski definition) is 1. The van der Waals surface area contributed by atoms with Crippen LogP contribution in [0.25, 0.3) is 11.1 Å². The van der Waals surface area contributed by atoms with Crippen LogP contribution in [0, 0.1) is 11.3 Å². The Morgan fingerprint density at radius 1 is 1.00 bits per heavy atom. The van der Waals surface area contributed by atoms with Crippen LogP contribution in [-0.2, 0) is 14.6 Å². The number of hydrogen-bond acceptors (Lipinski definition) is 3. The standard InChI is InChI=1S/C22H23F2N3O2S/c23-22(24)10-13-26(14-11-22)20-9-12-27(16-20)30(28,29)21-7-5-19(6-8-21)18-3-1-17(15-25)2-4-18/h1-8,20H,9-14,16H2/p+1/t20-/m0/s1. The van der Waals surface area contributed by atoms with Gasteiger partial charge in [0, 0.05) is 38.5 Å². The summed E-state index contributed by atoms with van der Waals surface area (Å²) < 4.78 is 52.3. The summed E-state index contributed by atoms with van der Waals surface area (Å²) in [6.07, 6.45) is 0.413. The second kappa shape index (κ2) is 8.16. The van der Waals surface area contributed by atoms with Gasteiger partial charge in [0.1, 0.15) is 0 Å². The van der Waals surface area contributed by atoms with Gasteiger partial charge < -0.3 is 0 Å². The molecule has 2 aliphatic rings. The normalized spacial score (nSPS) is 24.3. The van der Waals surface area contributed by atoms with Gasteiger partial charge in [-0.2, -0.15) is 9.81 Å². The molecule has 2 fully saturated rings. The quantitative estimate of drug-likeness (QED) is 0.733. The summed E-state index contributed by atoms with van der Waals surface area (Å²) in [6, 6.07) is 16.2. The molecule has 2 aromatic rings. The van der Waals surface area contributed by atoms with Crippen LogP contribution in [0.3, 0.4) is 0 Å². The zero-order valence-corrected chi connectivity index (χ0v) is 17.3. The van der Waals surface area contributed by atoms with Crippen molar-refractivity contribution >= 4 is 10.4 Å². The van der Waals surface area contributed by atoms with Crippen LogP contribution >= 0.6 is 0 Å². The van der Waals surface area contributed by atoms with Crippen molar-refractivity contribution < 1.29 is 17.5 Å². The summed E-state index contributed by atoms with van der Waals surface area (Å²) in [5.74, 6) is -2.59. The van der Waals surface area contributed by atoms with E-state index in [9.17, 15) is 17.5 Å². The molecule has 5 nitrogen and oxygen atoms in total. The fraction of sp³-hybridized carbons (Fsp3) is 0.409. The van der Waals surface area contributed by atoms with Crippen LogP contribution in [0.15, 0.2) is 53.4 Å². The lowest BCUT2D eigenvalue weighted by Crippen LogP contribution is -2.46. The van der Waals surface area contributed by atoms with Crippen LogP contribution in [0.2, 0.25) is 0 Å². The van der Waals surface area contributed by atoms with Crippen molar-refractivity contribution in [2.45, 2.75) is 36.1 Å². The molecule has 158 valence electrons. The molecule has 1 unspecified atom stereocenters. The van der Waals surface area contributed by atoms with Crippen LogP contribution in [-0.4, -0.2) is 51.9 Å². The molecule has 2 aromatic carbocycles. The van der Waals surface area contributed by atoms with Crippen LogP contribution in [0.4, 0.5) is 8.78 Å². The minimum absolute atomic E-state index is 0.0343. The SMILES string of the molecule is N#Cc1ccc(-c2ccc([S+](=O)(O)N3CC[C@H](N4CCC(F)(F)CC4)C3)cc2)cc1. The van der Waals surface area contributed by atoms with E-state index >= 15 is 0 Å². The smallest absolute Gasteiger partial charge is 0.298 e. The largest absolute Gasteiger partial charge is 0.325 e. The van der Waals surface area contributed by atoms with Crippen molar-refractivity contribution in [1.29, 1.82) is 5.26 Å². The molecule has 0 spiro atoms. The van der Waals surface area contributed by atoms with Gasteiger partial charge >= 0.3 is 10.4 Å². The number of likely N-dealkylation sites (tertiary alicyclic amines) is 1. The van der Waals surface area contributed by atoms with Crippen molar-refractivity contribution in [3.05, 3.63) is 54.1 Å². The first kappa shape index (κ1) is 21.1. The summed E-state index contributed by atoms with van der Waals surface area (Å²) in [4.78, 5) is 2.37. The van der Waals surface area contributed by atoms with Gasteiger partial charge in [0.15, 0.2) is 0 Å². The van der Waals surface area contributed by atoms with Crippen molar-refractivity contribution in [2.75, 3.05) is 26.2 Å². The summed E-state index contributed by atoms with van der Waals surface area (Å²) in [5, 5.41) is 8.90. The Morgan fingerprint density at radius 2 is 1.57 bits per heavy atom. The van der Waals surface area contributed by atoms with E-state index in [1.807, 2.05) is 17.0 Å². The first-order chi connectivity index (χ1) is 14.3. The van der Waals surface area contributed by atoms with E-state index in [4.69, 9.17) is 5.26 Å². The van der Waals surface area contributed by atoms with Gasteiger partial charge in [-0.05, 0) is 58.2 Å². The Balaban J connectivity index is 1.43. The lowest BCUT2D eigenvalue weighted by atomic mass is 10.0. The first-order valence-corrected chi connectivity index (χ1v) is 11.5. The second-order valence-corrected chi connectivity index (χ2v) is 9.91. The predicted molar refractivity (Wildman–Crippen MR) is 111 cm³/mol. The Bertz CT molecular complexity index is 979. The second-order valence-electron chi connectivity index (χ2n) is 7.93. The van der Waals surface area contributed by atoms with E-state index in [1.54, 1.807) is 40.7 Å². The minimum Gasteiger partial charge on any atom is -0.298 e. The number of piperidine rings is 1. The highest BCUT2D eigenvalue weighted by molar-refractivity contribution is 7.95. The maximum absolute atomic E-state index is 13.4. The van der Waals surface area contributed by atoms with E-state index in [0.717, 1.165) is 11.1 Å².